The summed E-state index contributed by atoms with van der Waals surface area (Å²) in [5, 5.41) is 20.4. The van der Waals surface area contributed by atoms with Crippen LogP contribution < -0.4 is 5.32 Å². The van der Waals surface area contributed by atoms with Gasteiger partial charge < -0.3 is 20.3 Å². The molecule has 0 aliphatic carbocycles. The fraction of sp³-hybridized carbons (Fsp3) is 0.800. The van der Waals surface area contributed by atoms with E-state index in [1.54, 1.807) is 6.92 Å². The maximum Gasteiger partial charge on any atom is 0.333 e. The number of allylic oxidation sites excluding steroid dienone is 2. The molecule has 32 heavy (non-hydrogen) atoms. The normalized spacial score (nSPS) is 13.1. The number of nitrogens with one attached hydrogen (secondary N) is 1. The Morgan fingerprint density at radius 1 is 0.875 bits per heavy atom. The number of carboxylic acids is 1. The zero-order valence-electron chi connectivity index (χ0n) is 20.2. The lowest BCUT2D eigenvalue weighted by atomic mass is 10.1. The highest BCUT2D eigenvalue weighted by atomic mass is 16.5. The average molecular weight is 456 g/mol. The lowest BCUT2D eigenvalue weighted by Gasteiger charge is -2.15. The summed E-state index contributed by atoms with van der Waals surface area (Å²) >= 11 is 0. The van der Waals surface area contributed by atoms with Gasteiger partial charge in [0.1, 0.15) is 6.10 Å². The number of carboxylic acid groups (broad SMARTS) is 1. The van der Waals surface area contributed by atoms with Crippen molar-refractivity contribution < 1.29 is 29.3 Å². The molecular weight excluding hydrogens is 410 g/mol. The van der Waals surface area contributed by atoms with Gasteiger partial charge in [0, 0.05) is 6.42 Å². The van der Waals surface area contributed by atoms with E-state index < -0.39 is 30.6 Å². The Morgan fingerprint density at radius 2 is 1.41 bits per heavy atom. The van der Waals surface area contributed by atoms with E-state index in [1.807, 2.05) is 0 Å². The fourth-order valence-corrected chi connectivity index (χ4v) is 3.26. The first-order valence-electron chi connectivity index (χ1n) is 12.4. The number of aliphatic carboxylic acids is 1. The van der Waals surface area contributed by atoms with Gasteiger partial charge in [-0.2, -0.15) is 0 Å². The number of aliphatic hydroxyl groups is 1. The van der Waals surface area contributed by atoms with Gasteiger partial charge in [-0.05, 0) is 39.0 Å². The molecule has 0 aromatic heterocycles. The quantitative estimate of drug-likeness (QED) is 0.129. The number of carbonyl (C=O) groups is 3. The lowest BCUT2D eigenvalue weighted by Crippen LogP contribution is -2.34. The van der Waals surface area contributed by atoms with Crippen LogP contribution in [0.1, 0.15) is 110 Å². The maximum atomic E-state index is 11.9. The molecule has 0 radical (unpaired) electrons. The molecule has 0 heterocycles. The van der Waals surface area contributed by atoms with Crippen LogP contribution in [-0.4, -0.2) is 46.8 Å². The SMILES string of the molecule is CCCCCCCC/C=C/CCCCCCCC(=O)NCC(C)OC(=O)CC(O)C(=O)O. The highest BCUT2D eigenvalue weighted by molar-refractivity contribution is 5.80. The molecule has 0 saturated carbocycles. The van der Waals surface area contributed by atoms with Crippen LogP contribution in [0.2, 0.25) is 0 Å². The number of ether oxygens (including phenoxy) is 1. The van der Waals surface area contributed by atoms with E-state index in [2.05, 4.69) is 24.4 Å². The number of unbranched alkanes of at least 4 members (excludes halogenated alkanes) is 11. The molecule has 2 unspecified atom stereocenters. The summed E-state index contributed by atoms with van der Waals surface area (Å²) in [5.74, 6) is -2.36. The van der Waals surface area contributed by atoms with Gasteiger partial charge >= 0.3 is 11.9 Å². The van der Waals surface area contributed by atoms with Gasteiger partial charge in [0.15, 0.2) is 6.10 Å². The molecule has 0 aromatic rings. The number of rotatable bonds is 21. The van der Waals surface area contributed by atoms with E-state index in [4.69, 9.17) is 14.9 Å². The standard InChI is InChI=1S/C25H45NO6/c1-3-4-5-6-7-8-9-10-11-12-13-14-15-16-17-18-23(28)26-20-21(2)32-24(29)19-22(27)25(30)31/h10-11,21-22,27H,3-9,12-20H2,1-2H3,(H,26,28)(H,30,31)/b11-10+. The van der Waals surface area contributed by atoms with Gasteiger partial charge in [-0.3, -0.25) is 9.59 Å². The summed E-state index contributed by atoms with van der Waals surface area (Å²) in [6.45, 7) is 4.01. The van der Waals surface area contributed by atoms with E-state index in [-0.39, 0.29) is 12.5 Å². The Labute approximate surface area is 194 Å². The third-order valence-electron chi connectivity index (χ3n) is 5.23. The van der Waals surface area contributed by atoms with Crippen molar-refractivity contribution in [1.82, 2.24) is 5.32 Å². The molecule has 2 atom stereocenters. The Bertz CT molecular complexity index is 535. The molecule has 0 aliphatic rings. The second-order valence-electron chi connectivity index (χ2n) is 8.50. The lowest BCUT2D eigenvalue weighted by molar-refractivity contribution is -0.158. The summed E-state index contributed by atoms with van der Waals surface area (Å²) in [5.41, 5.74) is 0. The smallest absolute Gasteiger partial charge is 0.333 e. The van der Waals surface area contributed by atoms with Crippen molar-refractivity contribution in [2.24, 2.45) is 0 Å². The van der Waals surface area contributed by atoms with Crippen molar-refractivity contribution in [3.05, 3.63) is 12.2 Å². The van der Waals surface area contributed by atoms with E-state index in [0.717, 1.165) is 25.7 Å². The number of amides is 1. The number of carbonyl (C=O) groups excluding carboxylic acids is 2. The van der Waals surface area contributed by atoms with E-state index in [9.17, 15) is 14.4 Å². The highest BCUT2D eigenvalue weighted by Gasteiger charge is 2.20. The van der Waals surface area contributed by atoms with Gasteiger partial charge in [-0.15, -0.1) is 0 Å². The number of esters is 1. The molecule has 3 N–H and O–H groups in total. The van der Waals surface area contributed by atoms with Crippen LogP contribution in [0.3, 0.4) is 0 Å². The van der Waals surface area contributed by atoms with Crippen LogP contribution in [-0.2, 0) is 19.1 Å². The van der Waals surface area contributed by atoms with Crippen LogP contribution in [0.4, 0.5) is 0 Å². The molecule has 1 amide bonds. The molecule has 0 spiro atoms. The molecule has 0 fully saturated rings. The van der Waals surface area contributed by atoms with Gasteiger partial charge in [0.2, 0.25) is 5.91 Å². The van der Waals surface area contributed by atoms with Crippen molar-refractivity contribution in [2.45, 2.75) is 122 Å². The van der Waals surface area contributed by atoms with Crippen LogP contribution in [0, 0.1) is 0 Å². The topological polar surface area (TPSA) is 113 Å². The minimum atomic E-state index is -1.77. The molecule has 186 valence electrons. The number of hydrogen-bond donors (Lipinski definition) is 3. The molecule has 0 saturated heterocycles. The van der Waals surface area contributed by atoms with Crippen LogP contribution in [0.25, 0.3) is 0 Å². The Kier molecular flexibility index (Phi) is 19.7. The zero-order valence-corrected chi connectivity index (χ0v) is 20.2. The first-order valence-corrected chi connectivity index (χ1v) is 12.4. The largest absolute Gasteiger partial charge is 0.479 e. The first kappa shape index (κ1) is 30.1. The Hall–Kier alpha value is -1.89. The molecule has 7 nitrogen and oxygen atoms in total. The van der Waals surface area contributed by atoms with Crippen molar-refractivity contribution >= 4 is 17.8 Å². The van der Waals surface area contributed by atoms with Gasteiger partial charge in [0.05, 0.1) is 13.0 Å². The highest BCUT2D eigenvalue weighted by Crippen LogP contribution is 2.10. The minimum Gasteiger partial charge on any atom is -0.479 e. The second-order valence-corrected chi connectivity index (χ2v) is 8.50. The zero-order chi connectivity index (χ0) is 24.0. The molecule has 7 heteroatoms. The molecule has 0 aromatic carbocycles. The van der Waals surface area contributed by atoms with Gasteiger partial charge in [0.25, 0.3) is 0 Å². The average Bonchev–Trinajstić information content (AvgIpc) is 2.74. The van der Waals surface area contributed by atoms with E-state index >= 15 is 0 Å². The molecule has 0 bridgehead atoms. The minimum absolute atomic E-state index is 0.0869. The third-order valence-corrected chi connectivity index (χ3v) is 5.23. The van der Waals surface area contributed by atoms with Crippen LogP contribution in [0.5, 0.6) is 0 Å². The van der Waals surface area contributed by atoms with Crippen molar-refractivity contribution in [3.63, 3.8) is 0 Å². The van der Waals surface area contributed by atoms with Crippen molar-refractivity contribution in [3.8, 4) is 0 Å². The molecule has 0 rings (SSSR count). The maximum absolute atomic E-state index is 11.9. The predicted molar refractivity (Wildman–Crippen MR) is 126 cm³/mol. The van der Waals surface area contributed by atoms with Crippen LogP contribution in [0.15, 0.2) is 12.2 Å². The Morgan fingerprint density at radius 3 is 1.97 bits per heavy atom. The second kappa shape index (κ2) is 21.0. The molecular formula is C25H45NO6. The summed E-state index contributed by atoms with van der Waals surface area (Å²) in [4.78, 5) is 33.8. The molecule has 0 aliphatic heterocycles. The van der Waals surface area contributed by atoms with Gasteiger partial charge in [-0.1, -0.05) is 70.4 Å². The van der Waals surface area contributed by atoms with E-state index in [1.165, 1.54) is 57.8 Å². The number of aliphatic hydroxyl groups excluding tert-OH is 1. The van der Waals surface area contributed by atoms with Crippen molar-refractivity contribution in [1.29, 1.82) is 0 Å². The summed E-state index contributed by atoms with van der Waals surface area (Å²) in [6.07, 6.45) is 17.8. The van der Waals surface area contributed by atoms with Gasteiger partial charge in [-0.25, -0.2) is 4.79 Å². The number of hydrogen-bond acceptors (Lipinski definition) is 5. The van der Waals surface area contributed by atoms with E-state index in [0.29, 0.717) is 6.42 Å². The first-order chi connectivity index (χ1) is 15.4. The monoisotopic (exact) mass is 455 g/mol. The summed E-state index contributed by atoms with van der Waals surface area (Å²) in [7, 11) is 0. The summed E-state index contributed by atoms with van der Waals surface area (Å²) < 4.78 is 4.97. The Balaban J connectivity index is 3.51. The summed E-state index contributed by atoms with van der Waals surface area (Å²) in [6, 6.07) is 0. The fourth-order valence-electron chi connectivity index (χ4n) is 3.26. The third kappa shape index (κ3) is 20.0. The van der Waals surface area contributed by atoms with Crippen molar-refractivity contribution in [2.75, 3.05) is 6.54 Å². The van der Waals surface area contributed by atoms with Crippen LogP contribution >= 0.6 is 0 Å². The predicted octanol–water partition coefficient (Wildman–Crippen LogP) is 4.91.